The molecule has 0 saturated heterocycles. The van der Waals surface area contributed by atoms with Crippen LogP contribution in [-0.4, -0.2) is 9.13 Å². The number of aromatic nitrogens is 2. The summed E-state index contributed by atoms with van der Waals surface area (Å²) in [5.41, 5.74) is 13.5. The van der Waals surface area contributed by atoms with Crippen LogP contribution < -0.4 is 0 Å². The number of aryl methyl sites for hydroxylation is 4. The van der Waals surface area contributed by atoms with Crippen LogP contribution in [0.15, 0.2) is 224 Å². The highest BCUT2D eigenvalue weighted by atomic mass is 19.4. The molecule has 398 valence electrons. The van der Waals surface area contributed by atoms with E-state index in [9.17, 15) is 5.26 Å². The molecule has 13 rings (SSSR count). The number of halogens is 6. The van der Waals surface area contributed by atoms with Crippen molar-refractivity contribution in [2.24, 2.45) is 0 Å². The van der Waals surface area contributed by atoms with Crippen molar-refractivity contribution in [3.8, 4) is 84.2 Å². The summed E-state index contributed by atoms with van der Waals surface area (Å²) < 4.78 is 95.6. The molecular formula is C73H49F6N3. The van der Waals surface area contributed by atoms with Gasteiger partial charge in [-0.3, -0.25) is 0 Å². The van der Waals surface area contributed by atoms with Gasteiger partial charge in [-0.1, -0.05) is 168 Å². The lowest BCUT2D eigenvalue weighted by atomic mass is 9.90. The topological polar surface area (TPSA) is 33.6 Å². The highest BCUT2D eigenvalue weighted by Crippen LogP contribution is 2.49. The maximum Gasteiger partial charge on any atom is 0.417 e. The van der Waals surface area contributed by atoms with Crippen molar-refractivity contribution in [1.29, 1.82) is 5.26 Å². The minimum absolute atomic E-state index is 0.277. The standard InChI is InChI=1S/C73H49F6N3/c1-43-10-5-14-48(32-43)52-22-28-65-59(37-52)60-38-53(49-15-6-11-44(2)33-49)23-29-66(60)81(65)69-36-47(42-80)20-26-57(69)58-27-21-56(71-63(72(74,75)76)18-9-19-64(71)73(77,78)79)41-70(58)82-67-30-24-54(50-16-7-12-45(3)34-50)39-61(67)62-40-55(25-31-68(62)82)51-17-8-13-46(4)35-51/h5-41H,1-4H3. The van der Waals surface area contributed by atoms with E-state index in [1.54, 1.807) is 12.1 Å². The maximum absolute atomic E-state index is 15.3. The lowest BCUT2D eigenvalue weighted by molar-refractivity contribution is -0.142. The van der Waals surface area contributed by atoms with Gasteiger partial charge in [-0.2, -0.15) is 31.6 Å². The first-order chi connectivity index (χ1) is 39.5. The van der Waals surface area contributed by atoms with E-state index in [-0.39, 0.29) is 5.56 Å². The largest absolute Gasteiger partial charge is 0.417 e. The monoisotopic (exact) mass is 1080 g/mol. The van der Waals surface area contributed by atoms with Gasteiger partial charge in [0.05, 0.1) is 56.2 Å². The minimum Gasteiger partial charge on any atom is -0.309 e. The van der Waals surface area contributed by atoms with Gasteiger partial charge < -0.3 is 9.13 Å². The first kappa shape index (κ1) is 51.5. The van der Waals surface area contributed by atoms with Crippen LogP contribution in [0.4, 0.5) is 26.3 Å². The van der Waals surface area contributed by atoms with Crippen LogP contribution in [0.2, 0.25) is 0 Å². The van der Waals surface area contributed by atoms with Crippen LogP contribution in [0.1, 0.15) is 38.9 Å². The lowest BCUT2D eigenvalue weighted by Crippen LogP contribution is -2.14. The molecule has 2 heterocycles. The minimum atomic E-state index is -5.14. The Balaban J connectivity index is 1.15. The second-order valence-electron chi connectivity index (χ2n) is 21.4. The molecule has 11 aromatic carbocycles. The number of hydrogen-bond donors (Lipinski definition) is 0. The predicted octanol–water partition coefficient (Wildman–Crippen LogP) is 21.0. The summed E-state index contributed by atoms with van der Waals surface area (Å²) in [4.78, 5) is 0. The lowest BCUT2D eigenvalue weighted by Gasteiger charge is -2.22. The molecule has 0 aliphatic carbocycles. The van der Waals surface area contributed by atoms with Crippen molar-refractivity contribution >= 4 is 43.6 Å². The molecule has 0 N–H and O–H groups in total. The SMILES string of the molecule is Cc1cccc(-c2ccc3c(c2)c2cc(-c4cccc(C)c4)ccc2n3-c2cc(C#N)ccc2-c2ccc(-c3c(C(F)(F)F)cccc3C(F)(F)F)cc2-n2c3ccc(-c4cccc(C)c4)cc3c3cc(-c4cccc(C)c4)ccc32)c1. The van der Waals surface area contributed by atoms with Crippen LogP contribution in [-0.2, 0) is 12.4 Å². The van der Waals surface area contributed by atoms with Crippen LogP contribution in [0.5, 0.6) is 0 Å². The van der Waals surface area contributed by atoms with Gasteiger partial charge in [-0.05, 0) is 157 Å². The van der Waals surface area contributed by atoms with E-state index in [4.69, 9.17) is 0 Å². The third-order valence-electron chi connectivity index (χ3n) is 15.8. The number of benzene rings is 11. The molecule has 0 amide bonds. The number of nitrogens with zero attached hydrogens (tertiary/aromatic N) is 3. The molecule has 0 fully saturated rings. The van der Waals surface area contributed by atoms with Gasteiger partial charge in [0.25, 0.3) is 0 Å². The Bertz CT molecular complexity index is 4560. The summed E-state index contributed by atoms with van der Waals surface area (Å²) in [5, 5.41) is 14.2. The van der Waals surface area contributed by atoms with Crippen molar-refractivity contribution in [3.05, 3.63) is 263 Å². The number of alkyl halides is 6. The Kier molecular flexibility index (Phi) is 12.4. The first-order valence-electron chi connectivity index (χ1n) is 26.9. The van der Waals surface area contributed by atoms with Crippen LogP contribution in [0.3, 0.4) is 0 Å². The summed E-state index contributed by atoms with van der Waals surface area (Å²) in [7, 11) is 0. The fourth-order valence-electron chi connectivity index (χ4n) is 12.0. The quantitative estimate of drug-likeness (QED) is 0.140. The van der Waals surface area contributed by atoms with E-state index in [1.807, 2.05) is 103 Å². The molecule has 0 unspecified atom stereocenters. The Labute approximate surface area is 469 Å². The van der Waals surface area contributed by atoms with Crippen molar-refractivity contribution in [2.75, 3.05) is 0 Å². The first-order valence-corrected chi connectivity index (χ1v) is 26.9. The predicted molar refractivity (Wildman–Crippen MR) is 321 cm³/mol. The summed E-state index contributed by atoms with van der Waals surface area (Å²) in [6.07, 6.45) is -10.3. The molecule has 0 aliphatic heterocycles. The molecule has 0 aliphatic rings. The summed E-state index contributed by atoms with van der Waals surface area (Å²) in [6, 6.07) is 72.1. The Morgan fingerprint density at radius 1 is 0.317 bits per heavy atom. The average Bonchev–Trinajstić information content (AvgIpc) is 2.01. The molecule has 0 bridgehead atoms. The van der Waals surface area contributed by atoms with Gasteiger partial charge in [-0.25, -0.2) is 0 Å². The van der Waals surface area contributed by atoms with Crippen molar-refractivity contribution < 1.29 is 26.3 Å². The third-order valence-corrected chi connectivity index (χ3v) is 15.8. The number of nitriles is 1. The molecular weight excluding hydrogens is 1030 g/mol. The number of hydrogen-bond acceptors (Lipinski definition) is 1. The molecule has 0 spiro atoms. The van der Waals surface area contributed by atoms with Crippen molar-refractivity contribution in [3.63, 3.8) is 0 Å². The summed E-state index contributed by atoms with van der Waals surface area (Å²) >= 11 is 0. The molecule has 9 heteroatoms. The van der Waals surface area contributed by atoms with Gasteiger partial charge in [0.15, 0.2) is 0 Å². The zero-order chi connectivity index (χ0) is 56.8. The molecule has 2 aromatic heterocycles. The van der Waals surface area contributed by atoms with Crippen LogP contribution in [0, 0.1) is 39.0 Å². The van der Waals surface area contributed by atoms with Gasteiger partial charge in [-0.15, -0.1) is 0 Å². The van der Waals surface area contributed by atoms with Gasteiger partial charge in [0, 0.05) is 38.2 Å². The van der Waals surface area contributed by atoms with E-state index in [0.717, 1.165) is 105 Å². The Morgan fingerprint density at radius 2 is 0.622 bits per heavy atom. The van der Waals surface area contributed by atoms with E-state index in [2.05, 4.69) is 122 Å². The zero-order valence-electron chi connectivity index (χ0n) is 45.0. The molecule has 0 atom stereocenters. The Hall–Kier alpha value is -9.91. The van der Waals surface area contributed by atoms with Crippen LogP contribution >= 0.6 is 0 Å². The van der Waals surface area contributed by atoms with Gasteiger partial charge >= 0.3 is 12.4 Å². The summed E-state index contributed by atoms with van der Waals surface area (Å²) in [5.74, 6) is 0. The van der Waals surface area contributed by atoms with E-state index in [1.165, 1.54) is 12.1 Å². The number of fused-ring (bicyclic) bond motifs is 6. The van der Waals surface area contributed by atoms with Crippen molar-refractivity contribution in [2.45, 2.75) is 40.0 Å². The second kappa shape index (κ2) is 19.7. The average molecular weight is 1080 g/mol. The van der Waals surface area contributed by atoms with E-state index in [0.29, 0.717) is 51.2 Å². The highest BCUT2D eigenvalue weighted by Gasteiger charge is 2.41. The molecule has 0 saturated carbocycles. The second-order valence-corrected chi connectivity index (χ2v) is 21.4. The zero-order valence-corrected chi connectivity index (χ0v) is 45.0. The normalized spacial score (nSPS) is 12.0. The molecule has 13 aromatic rings. The molecule has 82 heavy (non-hydrogen) atoms. The van der Waals surface area contributed by atoms with Crippen molar-refractivity contribution in [1.82, 2.24) is 9.13 Å². The van der Waals surface area contributed by atoms with Gasteiger partial charge in [0.1, 0.15) is 0 Å². The Morgan fingerprint density at radius 3 is 0.951 bits per heavy atom. The fourth-order valence-corrected chi connectivity index (χ4v) is 12.0. The van der Waals surface area contributed by atoms with E-state index < -0.39 is 29.0 Å². The maximum atomic E-state index is 15.3. The third kappa shape index (κ3) is 9.07. The van der Waals surface area contributed by atoms with Crippen LogP contribution in [0.25, 0.3) is 122 Å². The molecule has 3 nitrogen and oxygen atoms in total. The van der Waals surface area contributed by atoms with E-state index >= 15 is 26.3 Å². The smallest absolute Gasteiger partial charge is 0.309 e. The fraction of sp³-hybridized carbons (Fsp3) is 0.0822. The molecule has 0 radical (unpaired) electrons. The summed E-state index contributed by atoms with van der Waals surface area (Å²) in [6.45, 7) is 8.17. The highest BCUT2D eigenvalue weighted by molar-refractivity contribution is 6.14. The van der Waals surface area contributed by atoms with Gasteiger partial charge in [0.2, 0.25) is 0 Å². The number of rotatable bonds is 8.